The van der Waals surface area contributed by atoms with Crippen LogP contribution < -0.4 is 25.4 Å². The molecule has 4 aromatic rings. The van der Waals surface area contributed by atoms with Crippen molar-refractivity contribution in [2.24, 2.45) is 0 Å². The molecule has 4 aromatic carbocycles. The molecule has 6 heteroatoms. The fourth-order valence-electron chi connectivity index (χ4n) is 5.66. The number of carbonyl (C=O) groups excluding carboxylic acids is 1. The van der Waals surface area contributed by atoms with Gasteiger partial charge in [-0.25, -0.2) is 0 Å². The van der Waals surface area contributed by atoms with E-state index >= 15 is 0 Å². The maximum atomic E-state index is 14.5. The molecular formula is C31H31BrNO3P. The van der Waals surface area contributed by atoms with E-state index in [-0.39, 0.29) is 11.6 Å². The average molecular weight is 576 g/mol. The van der Waals surface area contributed by atoms with E-state index in [1.807, 2.05) is 41.3 Å². The molecule has 1 aliphatic heterocycles. The van der Waals surface area contributed by atoms with Crippen molar-refractivity contribution in [3.05, 3.63) is 115 Å². The van der Waals surface area contributed by atoms with Crippen molar-refractivity contribution in [1.82, 2.24) is 4.90 Å². The molecule has 1 amide bonds. The van der Waals surface area contributed by atoms with Crippen LogP contribution in [0.15, 0.2) is 109 Å². The summed E-state index contributed by atoms with van der Waals surface area (Å²) in [5.74, 6) is 1.61. The van der Waals surface area contributed by atoms with Crippen molar-refractivity contribution in [2.75, 3.05) is 20.8 Å². The summed E-state index contributed by atoms with van der Waals surface area (Å²) in [5, 5.41) is 0.0741. The van der Waals surface area contributed by atoms with Gasteiger partial charge in [-0.2, -0.15) is 0 Å². The molecule has 0 saturated carbocycles. The number of halogens is 1. The summed E-state index contributed by atoms with van der Waals surface area (Å²) < 4.78 is 11.0. The molecule has 0 spiro atoms. The van der Waals surface area contributed by atoms with Crippen molar-refractivity contribution in [3.63, 3.8) is 0 Å². The Bertz CT molecular complexity index is 1280. The zero-order valence-corrected chi connectivity index (χ0v) is 23.6. The summed E-state index contributed by atoms with van der Waals surface area (Å²) in [6.45, 7) is 1.16. The summed E-state index contributed by atoms with van der Waals surface area (Å²) in [5.41, 5.74) is 0.716. The van der Waals surface area contributed by atoms with Crippen LogP contribution in [0.4, 0.5) is 0 Å². The molecule has 0 radical (unpaired) electrons. The molecule has 1 heterocycles. The zero-order chi connectivity index (χ0) is 25.9. The van der Waals surface area contributed by atoms with E-state index in [0.717, 1.165) is 39.4 Å². The second-order valence-electron chi connectivity index (χ2n) is 9.32. The van der Waals surface area contributed by atoms with Gasteiger partial charge in [-0.3, -0.25) is 0 Å². The van der Waals surface area contributed by atoms with E-state index in [9.17, 15) is 4.79 Å². The van der Waals surface area contributed by atoms with Crippen LogP contribution in [0.3, 0.4) is 0 Å². The molecule has 4 nitrogen and oxygen atoms in total. The molecule has 1 unspecified atom stereocenters. The number of hydrogen-bond acceptors (Lipinski definition) is 3. The molecule has 0 aromatic heterocycles. The predicted octanol–water partition coefficient (Wildman–Crippen LogP) is 5.64. The molecule has 1 saturated heterocycles. The van der Waals surface area contributed by atoms with Gasteiger partial charge in [0, 0.05) is 0 Å². The molecule has 0 aliphatic carbocycles. The number of rotatable bonds is 8. The number of nitrogens with zero attached hydrogens (tertiary/aromatic N) is 1. The van der Waals surface area contributed by atoms with Crippen LogP contribution >= 0.6 is 20.8 Å². The normalized spacial score (nSPS) is 16.7. The Morgan fingerprint density at radius 3 is 1.76 bits per heavy atom. The third-order valence-corrected chi connectivity index (χ3v) is 18.2. The number of likely N-dealkylation sites (tertiary alicyclic amines) is 1. The Hall–Kier alpha value is -3.14. The summed E-state index contributed by atoms with van der Waals surface area (Å²) in [6.07, 6.45) is 0.749. The number of hydrogen-bond donors (Lipinski definition) is 0. The first kappa shape index (κ1) is 25.5. The van der Waals surface area contributed by atoms with Crippen molar-refractivity contribution in [3.8, 4) is 11.5 Å². The van der Waals surface area contributed by atoms with E-state index in [1.165, 1.54) is 0 Å². The quantitative estimate of drug-likeness (QED) is 0.255. The van der Waals surface area contributed by atoms with E-state index in [0.29, 0.717) is 13.1 Å². The van der Waals surface area contributed by atoms with Gasteiger partial charge in [0.2, 0.25) is 0 Å². The van der Waals surface area contributed by atoms with Crippen molar-refractivity contribution >= 4 is 42.6 Å². The molecule has 1 atom stereocenters. The molecule has 190 valence electrons. The van der Waals surface area contributed by atoms with Gasteiger partial charge < -0.3 is 0 Å². The second-order valence-corrected chi connectivity index (χ2v) is 18.1. The van der Waals surface area contributed by atoms with Gasteiger partial charge >= 0.3 is 227 Å². The molecule has 37 heavy (non-hydrogen) atoms. The first-order valence-corrected chi connectivity index (χ1v) is 16.7. The number of carbonyl (C=O) groups is 1. The fraction of sp³-hybridized carbons (Fsp3) is 0.194. The van der Waals surface area contributed by atoms with E-state index < -0.39 is 5.31 Å². The third-order valence-electron chi connectivity index (χ3n) is 7.49. The maximum absolute atomic E-state index is 14.5. The van der Waals surface area contributed by atoms with Gasteiger partial charge in [0.1, 0.15) is 0 Å². The Kier molecular flexibility index (Phi) is 7.11. The molecule has 1 fully saturated rings. The second kappa shape index (κ2) is 10.3. The number of ether oxygens (including phenoxy) is 2. The predicted molar refractivity (Wildman–Crippen MR) is 157 cm³/mol. The standard InChI is InChI=1S/C31H31BrNO3P/c1-35-25-19-18-24(29(22-25)36-2)23-33-21-20-30(31(33)34)37(32,26-12-6-3-7-13-26,27-14-8-4-9-15-27)28-16-10-5-11-17-28/h3-19,22,30H,20-21,23H2,1-2H3. The van der Waals surface area contributed by atoms with Gasteiger partial charge in [0.15, 0.2) is 0 Å². The monoisotopic (exact) mass is 575 g/mol. The Labute approximate surface area is 226 Å². The summed E-state index contributed by atoms with van der Waals surface area (Å²) in [6, 6.07) is 37.4. The van der Waals surface area contributed by atoms with Crippen LogP contribution in [0, 0.1) is 0 Å². The topological polar surface area (TPSA) is 38.8 Å². The van der Waals surface area contributed by atoms with Crippen molar-refractivity contribution in [2.45, 2.75) is 18.6 Å². The molecule has 0 N–H and O–H groups in total. The molecule has 1 aliphatic rings. The van der Waals surface area contributed by atoms with Crippen LogP contribution in [-0.4, -0.2) is 37.2 Å². The number of benzene rings is 4. The van der Waals surface area contributed by atoms with Crippen LogP contribution in [0.1, 0.15) is 12.0 Å². The van der Waals surface area contributed by atoms with Crippen LogP contribution in [-0.2, 0) is 11.3 Å². The van der Waals surface area contributed by atoms with Crippen LogP contribution in [0.5, 0.6) is 11.5 Å². The first-order chi connectivity index (χ1) is 18.0. The van der Waals surface area contributed by atoms with Crippen LogP contribution in [0.2, 0.25) is 0 Å². The van der Waals surface area contributed by atoms with Crippen molar-refractivity contribution in [1.29, 1.82) is 0 Å². The Balaban J connectivity index is 1.66. The SMILES string of the molecule is COc1ccc(CN2CCC(P(Br)(c3ccccc3)(c3ccccc3)c3ccccc3)C2=O)c(OC)c1. The van der Waals surface area contributed by atoms with Crippen LogP contribution in [0.25, 0.3) is 0 Å². The Morgan fingerprint density at radius 1 is 0.784 bits per heavy atom. The minimum atomic E-state index is -3.41. The number of methoxy groups -OCH3 is 2. The summed E-state index contributed by atoms with van der Waals surface area (Å²) >= 11 is 4.49. The molecule has 5 rings (SSSR count). The van der Waals surface area contributed by atoms with Gasteiger partial charge in [-0.05, 0) is 0 Å². The molecule has 0 bridgehead atoms. The average Bonchev–Trinajstić information content (AvgIpc) is 3.34. The Morgan fingerprint density at radius 2 is 1.30 bits per heavy atom. The van der Waals surface area contributed by atoms with E-state index in [2.05, 4.69) is 88.3 Å². The van der Waals surface area contributed by atoms with Gasteiger partial charge in [-0.15, -0.1) is 0 Å². The number of amides is 1. The molecular weight excluding hydrogens is 545 g/mol. The fourth-order valence-corrected chi connectivity index (χ4v) is 14.3. The van der Waals surface area contributed by atoms with E-state index in [4.69, 9.17) is 9.47 Å². The third kappa shape index (κ3) is 4.15. The first-order valence-electron chi connectivity index (χ1n) is 12.4. The minimum absolute atomic E-state index is 0.156. The summed E-state index contributed by atoms with van der Waals surface area (Å²) in [7, 11) is 3.29. The van der Waals surface area contributed by atoms with Gasteiger partial charge in [-0.1, -0.05) is 0 Å². The van der Waals surface area contributed by atoms with E-state index in [1.54, 1.807) is 14.2 Å². The zero-order valence-electron chi connectivity index (χ0n) is 21.1. The van der Waals surface area contributed by atoms with Crippen molar-refractivity contribution < 1.29 is 14.3 Å². The summed E-state index contributed by atoms with van der Waals surface area (Å²) in [4.78, 5) is 16.4. The van der Waals surface area contributed by atoms with Gasteiger partial charge in [0.25, 0.3) is 0 Å². The van der Waals surface area contributed by atoms with Gasteiger partial charge in [0.05, 0.1) is 0 Å².